The predicted octanol–water partition coefficient (Wildman–Crippen LogP) is 0.967. The molecule has 0 aliphatic heterocycles. The fraction of sp³-hybridized carbons (Fsp3) is 0.333. The van der Waals surface area contributed by atoms with Crippen LogP contribution in [0.1, 0.15) is 16.7 Å². The lowest BCUT2D eigenvalue weighted by molar-refractivity contribution is 0.207. The van der Waals surface area contributed by atoms with E-state index in [4.69, 9.17) is 4.74 Å². The Hall–Kier alpha value is -1.40. The maximum absolute atomic E-state index is 10.1. The van der Waals surface area contributed by atoms with E-state index >= 15 is 0 Å². The number of aliphatic hydroxyl groups excluding tert-OH is 1. The number of ether oxygens (including phenoxy) is 1. The zero-order valence-corrected chi connectivity index (χ0v) is 9.23. The molecule has 0 bridgehead atoms. The second kappa shape index (κ2) is 4.00. The summed E-state index contributed by atoms with van der Waals surface area (Å²) in [5.41, 5.74) is 2.32. The highest BCUT2D eigenvalue weighted by Gasteiger charge is 2.20. The van der Waals surface area contributed by atoms with Gasteiger partial charge in [-0.25, -0.2) is 0 Å². The topological polar surface area (TPSA) is 60.2 Å². The van der Waals surface area contributed by atoms with Crippen molar-refractivity contribution < 1.29 is 9.84 Å². The third kappa shape index (κ3) is 1.73. The Labute approximate surface area is 91.0 Å². The van der Waals surface area contributed by atoms with Crippen molar-refractivity contribution in [3.05, 3.63) is 28.5 Å². The van der Waals surface area contributed by atoms with Crippen LogP contribution in [0.4, 0.5) is 0 Å². The summed E-state index contributed by atoms with van der Waals surface area (Å²) in [7, 11) is 3.32. The molecule has 1 unspecified atom stereocenters. The second-order valence-corrected chi connectivity index (χ2v) is 3.95. The molecule has 0 saturated carbocycles. The van der Waals surface area contributed by atoms with Crippen molar-refractivity contribution in [3.63, 3.8) is 0 Å². The molecule has 80 valence electrons. The summed E-state index contributed by atoms with van der Waals surface area (Å²) < 4.78 is 6.73. The molecule has 2 rings (SSSR count). The second-order valence-electron chi connectivity index (χ2n) is 3.03. The van der Waals surface area contributed by atoms with Crippen LogP contribution in [0.5, 0.6) is 5.75 Å². The van der Waals surface area contributed by atoms with Crippen LogP contribution >= 0.6 is 11.3 Å². The van der Waals surface area contributed by atoms with E-state index in [1.165, 1.54) is 11.3 Å². The highest BCUT2D eigenvalue weighted by atomic mass is 32.1. The molecule has 15 heavy (non-hydrogen) atoms. The molecule has 2 aromatic heterocycles. The van der Waals surface area contributed by atoms with Crippen molar-refractivity contribution >= 4 is 11.3 Å². The van der Waals surface area contributed by atoms with E-state index < -0.39 is 6.10 Å². The van der Waals surface area contributed by atoms with Crippen molar-refractivity contribution in [3.8, 4) is 5.75 Å². The van der Waals surface area contributed by atoms with Crippen LogP contribution in [0.15, 0.2) is 17.9 Å². The molecule has 1 atom stereocenters. The summed E-state index contributed by atoms with van der Waals surface area (Å²) in [6, 6.07) is 0. The lowest BCUT2D eigenvalue weighted by Crippen LogP contribution is -2.06. The number of methoxy groups -OCH3 is 1. The number of aromatic nitrogens is 3. The van der Waals surface area contributed by atoms with Gasteiger partial charge in [0.25, 0.3) is 0 Å². The summed E-state index contributed by atoms with van der Waals surface area (Å²) in [6.45, 7) is 0. The lowest BCUT2D eigenvalue weighted by Gasteiger charge is -2.10. The van der Waals surface area contributed by atoms with Gasteiger partial charge in [0.15, 0.2) is 5.75 Å². The maximum atomic E-state index is 10.1. The van der Waals surface area contributed by atoms with Crippen molar-refractivity contribution in [1.29, 1.82) is 0 Å². The molecule has 2 aromatic rings. The summed E-state index contributed by atoms with van der Waals surface area (Å²) >= 11 is 1.40. The molecular weight excluding hydrogens is 214 g/mol. The third-order valence-corrected chi connectivity index (χ3v) is 2.98. The smallest absolute Gasteiger partial charge is 0.163 e. The first-order chi connectivity index (χ1) is 7.24. The van der Waals surface area contributed by atoms with Crippen LogP contribution in [0, 0.1) is 0 Å². The van der Waals surface area contributed by atoms with Crippen LogP contribution in [0.25, 0.3) is 0 Å². The predicted molar refractivity (Wildman–Crippen MR) is 55.9 cm³/mol. The summed E-state index contributed by atoms with van der Waals surface area (Å²) in [5.74, 6) is 0.582. The van der Waals surface area contributed by atoms with Gasteiger partial charge >= 0.3 is 0 Å². The number of rotatable bonds is 3. The van der Waals surface area contributed by atoms with Crippen LogP contribution in [0.3, 0.4) is 0 Å². The molecule has 1 N–H and O–H groups in total. The van der Waals surface area contributed by atoms with Gasteiger partial charge in [0, 0.05) is 13.2 Å². The zero-order chi connectivity index (χ0) is 10.8. The van der Waals surface area contributed by atoms with Crippen molar-refractivity contribution in [2.24, 2.45) is 7.05 Å². The van der Waals surface area contributed by atoms with Gasteiger partial charge in [0.1, 0.15) is 11.8 Å². The fourth-order valence-corrected chi connectivity index (χ4v) is 2.00. The highest BCUT2D eigenvalue weighted by Crippen LogP contribution is 2.30. The first-order valence-electron chi connectivity index (χ1n) is 4.36. The first-order valence-corrected chi connectivity index (χ1v) is 5.24. The Morgan fingerprint density at radius 2 is 2.33 bits per heavy atom. The van der Waals surface area contributed by atoms with E-state index in [9.17, 15) is 5.11 Å². The SMILES string of the molecule is COc1cnn(C)c1C(O)c1cncs1. The van der Waals surface area contributed by atoms with Gasteiger partial charge in [-0.15, -0.1) is 11.3 Å². The number of aryl methyl sites for hydroxylation is 1. The minimum Gasteiger partial charge on any atom is -0.493 e. The lowest BCUT2D eigenvalue weighted by atomic mass is 10.2. The Balaban J connectivity index is 2.40. The molecule has 0 aliphatic carbocycles. The van der Waals surface area contributed by atoms with Crippen LogP contribution in [-0.4, -0.2) is 27.0 Å². The molecule has 5 nitrogen and oxygen atoms in total. The molecule has 0 spiro atoms. The number of nitrogens with zero attached hydrogens (tertiary/aromatic N) is 3. The molecular formula is C9H11N3O2S. The number of thiazole rings is 1. The maximum Gasteiger partial charge on any atom is 0.163 e. The van der Waals surface area contributed by atoms with Gasteiger partial charge < -0.3 is 9.84 Å². The molecule has 2 heterocycles. The van der Waals surface area contributed by atoms with E-state index in [2.05, 4.69) is 10.1 Å². The fourth-order valence-electron chi connectivity index (χ4n) is 1.39. The van der Waals surface area contributed by atoms with Crippen LogP contribution in [-0.2, 0) is 7.05 Å². The van der Waals surface area contributed by atoms with Crippen LogP contribution in [0.2, 0.25) is 0 Å². The van der Waals surface area contributed by atoms with Gasteiger partial charge in [0.2, 0.25) is 0 Å². The largest absolute Gasteiger partial charge is 0.493 e. The minimum atomic E-state index is -0.736. The van der Waals surface area contributed by atoms with Gasteiger partial charge in [-0.3, -0.25) is 9.67 Å². The van der Waals surface area contributed by atoms with E-state index in [1.807, 2.05) is 0 Å². The van der Waals surface area contributed by atoms with E-state index in [0.717, 1.165) is 4.88 Å². The van der Waals surface area contributed by atoms with Crippen molar-refractivity contribution in [2.45, 2.75) is 6.10 Å². The van der Waals surface area contributed by atoms with E-state index in [-0.39, 0.29) is 0 Å². The average Bonchev–Trinajstić information content (AvgIpc) is 2.85. The van der Waals surface area contributed by atoms with E-state index in [0.29, 0.717) is 11.4 Å². The Bertz CT molecular complexity index is 438. The molecule has 0 saturated heterocycles. The Morgan fingerprint density at radius 3 is 2.93 bits per heavy atom. The Kier molecular flexibility index (Phi) is 2.70. The molecule has 0 fully saturated rings. The minimum absolute atomic E-state index is 0.582. The monoisotopic (exact) mass is 225 g/mol. The molecule has 0 aliphatic rings. The van der Waals surface area contributed by atoms with E-state index in [1.54, 1.807) is 36.7 Å². The summed E-state index contributed by atoms with van der Waals surface area (Å²) in [6.07, 6.45) is 2.49. The molecule has 0 radical (unpaired) electrons. The molecule has 0 amide bonds. The van der Waals surface area contributed by atoms with Crippen LogP contribution < -0.4 is 4.74 Å². The number of hydrogen-bond acceptors (Lipinski definition) is 5. The van der Waals surface area contributed by atoms with Gasteiger partial charge in [-0.05, 0) is 0 Å². The highest BCUT2D eigenvalue weighted by molar-refractivity contribution is 7.09. The average molecular weight is 225 g/mol. The standard InChI is InChI=1S/C9H11N3O2S/c1-12-8(6(14-2)3-11-12)9(13)7-4-10-5-15-7/h3-5,9,13H,1-2H3. The number of hydrogen-bond donors (Lipinski definition) is 1. The molecule has 6 heteroatoms. The van der Waals surface area contributed by atoms with Gasteiger partial charge in [0.05, 0.1) is 23.7 Å². The summed E-state index contributed by atoms with van der Waals surface area (Å²) in [4.78, 5) is 4.70. The van der Waals surface area contributed by atoms with Gasteiger partial charge in [-0.2, -0.15) is 5.10 Å². The molecule has 0 aromatic carbocycles. The third-order valence-electron chi connectivity index (χ3n) is 2.15. The Morgan fingerprint density at radius 1 is 1.53 bits per heavy atom. The number of aliphatic hydroxyl groups is 1. The first kappa shape index (κ1) is 10.1. The zero-order valence-electron chi connectivity index (χ0n) is 8.41. The summed E-state index contributed by atoms with van der Waals surface area (Å²) in [5, 5.41) is 14.1. The van der Waals surface area contributed by atoms with Gasteiger partial charge in [-0.1, -0.05) is 0 Å². The van der Waals surface area contributed by atoms with Crippen molar-refractivity contribution in [2.75, 3.05) is 7.11 Å². The normalized spacial score (nSPS) is 12.7. The quantitative estimate of drug-likeness (QED) is 0.845. The van der Waals surface area contributed by atoms with Crippen molar-refractivity contribution in [1.82, 2.24) is 14.8 Å².